The fraction of sp³-hybridized carbons (Fsp3) is 0.400. The molecule has 0 radical (unpaired) electrons. The van der Waals surface area contributed by atoms with Gasteiger partial charge in [-0.05, 0) is 18.6 Å². The molecule has 0 N–H and O–H groups in total. The monoisotopic (exact) mass is 335 g/mol. The highest BCUT2D eigenvalue weighted by Crippen LogP contribution is 2.16. The first-order valence-electron chi connectivity index (χ1n) is 7.27. The van der Waals surface area contributed by atoms with Crippen molar-refractivity contribution in [2.45, 2.75) is 18.2 Å². The van der Waals surface area contributed by atoms with Gasteiger partial charge in [-0.25, -0.2) is 13.4 Å². The van der Waals surface area contributed by atoms with Crippen LogP contribution in [0.25, 0.3) is 10.9 Å². The first-order chi connectivity index (χ1) is 10.9. The van der Waals surface area contributed by atoms with Crippen molar-refractivity contribution in [1.82, 2.24) is 14.5 Å². The average Bonchev–Trinajstić information content (AvgIpc) is 3.00. The maximum atomic E-state index is 12.4. The van der Waals surface area contributed by atoms with Crippen LogP contribution in [0.2, 0.25) is 0 Å². The lowest BCUT2D eigenvalue weighted by molar-refractivity contribution is -0.130. The molecule has 1 amide bonds. The average molecular weight is 335 g/mol. The van der Waals surface area contributed by atoms with Crippen LogP contribution in [0.4, 0.5) is 0 Å². The van der Waals surface area contributed by atoms with Gasteiger partial charge in [0, 0.05) is 19.3 Å². The molecule has 1 unspecified atom stereocenters. The SMILES string of the molecule is CS(=O)(=O)C1CCN(C(=O)Cn2cnc3ccccc3c2=O)C1. The number of likely N-dealkylation sites (tertiary alicyclic amines) is 1. The Labute approximate surface area is 133 Å². The molecule has 1 saturated heterocycles. The van der Waals surface area contributed by atoms with Crippen LogP contribution in [0.3, 0.4) is 0 Å². The third-order valence-corrected chi connectivity index (χ3v) is 5.74. The number of carbonyl (C=O) groups is 1. The summed E-state index contributed by atoms with van der Waals surface area (Å²) < 4.78 is 24.4. The zero-order valence-electron chi connectivity index (χ0n) is 12.7. The Morgan fingerprint density at radius 2 is 2.09 bits per heavy atom. The predicted octanol–water partition coefficient (Wildman–Crippen LogP) is 0.0420. The van der Waals surface area contributed by atoms with Crippen LogP contribution in [-0.4, -0.2) is 53.4 Å². The summed E-state index contributed by atoms with van der Waals surface area (Å²) in [4.78, 5) is 30.3. The Hall–Kier alpha value is -2.22. The zero-order chi connectivity index (χ0) is 16.6. The number of sulfone groups is 1. The van der Waals surface area contributed by atoms with Crippen molar-refractivity contribution in [3.05, 3.63) is 40.9 Å². The van der Waals surface area contributed by atoms with Crippen LogP contribution in [-0.2, 0) is 21.2 Å². The Balaban J connectivity index is 1.79. The van der Waals surface area contributed by atoms with Gasteiger partial charge >= 0.3 is 0 Å². The van der Waals surface area contributed by atoms with Gasteiger partial charge in [0.25, 0.3) is 5.56 Å². The standard InChI is InChI=1S/C15H17N3O4S/c1-23(21,22)11-6-7-17(8-11)14(19)9-18-10-16-13-5-3-2-4-12(13)15(18)20/h2-5,10-11H,6-9H2,1H3. The second-order valence-corrected chi connectivity index (χ2v) is 8.10. The number of fused-ring (bicyclic) bond motifs is 1. The summed E-state index contributed by atoms with van der Waals surface area (Å²) in [5.41, 5.74) is 0.308. The molecule has 8 heteroatoms. The summed E-state index contributed by atoms with van der Waals surface area (Å²) in [6, 6.07) is 6.94. The molecule has 0 spiro atoms. The topological polar surface area (TPSA) is 89.3 Å². The van der Waals surface area contributed by atoms with E-state index in [9.17, 15) is 18.0 Å². The predicted molar refractivity (Wildman–Crippen MR) is 85.8 cm³/mol. The highest BCUT2D eigenvalue weighted by atomic mass is 32.2. The molecule has 1 aliphatic rings. The molecule has 0 saturated carbocycles. The molecule has 1 aromatic heterocycles. The fourth-order valence-electron chi connectivity index (χ4n) is 2.77. The van der Waals surface area contributed by atoms with Gasteiger partial charge in [0.05, 0.1) is 22.5 Å². The number of hydrogen-bond acceptors (Lipinski definition) is 5. The van der Waals surface area contributed by atoms with Gasteiger partial charge < -0.3 is 4.90 Å². The Morgan fingerprint density at radius 1 is 1.35 bits per heavy atom. The Morgan fingerprint density at radius 3 is 2.78 bits per heavy atom. The molecule has 23 heavy (non-hydrogen) atoms. The van der Waals surface area contributed by atoms with Gasteiger partial charge in [0.15, 0.2) is 9.84 Å². The van der Waals surface area contributed by atoms with Crippen LogP contribution < -0.4 is 5.56 Å². The lowest BCUT2D eigenvalue weighted by Crippen LogP contribution is -2.36. The van der Waals surface area contributed by atoms with E-state index in [-0.39, 0.29) is 24.6 Å². The molecular weight excluding hydrogens is 318 g/mol. The van der Waals surface area contributed by atoms with E-state index >= 15 is 0 Å². The molecule has 2 heterocycles. The number of rotatable bonds is 3. The number of para-hydroxylation sites is 1. The third-order valence-electron chi connectivity index (χ3n) is 4.14. The fourth-order valence-corrected chi connectivity index (χ4v) is 3.75. The minimum atomic E-state index is -3.15. The molecule has 3 rings (SSSR count). The van der Waals surface area contributed by atoms with Crippen molar-refractivity contribution in [3.63, 3.8) is 0 Å². The zero-order valence-corrected chi connectivity index (χ0v) is 13.5. The molecule has 1 fully saturated rings. The van der Waals surface area contributed by atoms with Crippen molar-refractivity contribution in [3.8, 4) is 0 Å². The van der Waals surface area contributed by atoms with Crippen LogP contribution in [0.15, 0.2) is 35.4 Å². The van der Waals surface area contributed by atoms with Crippen molar-refractivity contribution >= 4 is 26.6 Å². The van der Waals surface area contributed by atoms with E-state index in [4.69, 9.17) is 0 Å². The van der Waals surface area contributed by atoms with Gasteiger partial charge in [0.2, 0.25) is 5.91 Å². The molecule has 2 aromatic rings. The first-order valence-corrected chi connectivity index (χ1v) is 9.22. The molecule has 0 aliphatic carbocycles. The quantitative estimate of drug-likeness (QED) is 0.790. The minimum absolute atomic E-state index is 0.132. The maximum absolute atomic E-state index is 12.4. The molecule has 122 valence electrons. The highest BCUT2D eigenvalue weighted by Gasteiger charge is 2.32. The largest absolute Gasteiger partial charge is 0.340 e. The van der Waals surface area contributed by atoms with Crippen LogP contribution in [0, 0.1) is 0 Å². The smallest absolute Gasteiger partial charge is 0.261 e. The van der Waals surface area contributed by atoms with Crippen LogP contribution >= 0.6 is 0 Å². The van der Waals surface area contributed by atoms with Gasteiger partial charge in [-0.3, -0.25) is 14.2 Å². The molecule has 1 aliphatic heterocycles. The summed E-state index contributed by atoms with van der Waals surface area (Å²) in [6.45, 7) is 0.451. The second kappa shape index (κ2) is 5.77. The summed E-state index contributed by atoms with van der Waals surface area (Å²) in [7, 11) is -3.15. The van der Waals surface area contributed by atoms with Gasteiger partial charge in [-0.1, -0.05) is 12.1 Å². The minimum Gasteiger partial charge on any atom is -0.340 e. The third kappa shape index (κ3) is 3.12. The highest BCUT2D eigenvalue weighted by molar-refractivity contribution is 7.91. The lowest BCUT2D eigenvalue weighted by Gasteiger charge is -2.17. The van der Waals surface area contributed by atoms with E-state index in [1.54, 1.807) is 24.3 Å². The van der Waals surface area contributed by atoms with E-state index < -0.39 is 15.1 Å². The van der Waals surface area contributed by atoms with Crippen molar-refractivity contribution in [2.24, 2.45) is 0 Å². The number of aromatic nitrogens is 2. The summed E-state index contributed by atoms with van der Waals surface area (Å²) in [6.07, 6.45) is 2.98. The van der Waals surface area contributed by atoms with Gasteiger partial charge in [-0.15, -0.1) is 0 Å². The van der Waals surface area contributed by atoms with E-state index in [1.807, 2.05) is 0 Å². The molecule has 7 nitrogen and oxygen atoms in total. The second-order valence-electron chi connectivity index (χ2n) is 5.77. The summed E-state index contributed by atoms with van der Waals surface area (Å²) in [5.74, 6) is -0.268. The first kappa shape index (κ1) is 15.7. The van der Waals surface area contributed by atoms with Crippen molar-refractivity contribution in [2.75, 3.05) is 19.3 Å². The Kier molecular flexibility index (Phi) is 3.93. The number of hydrogen-bond donors (Lipinski definition) is 0. The number of amides is 1. The normalized spacial score (nSPS) is 18.5. The van der Waals surface area contributed by atoms with E-state index in [2.05, 4.69) is 4.98 Å². The lowest BCUT2D eigenvalue weighted by atomic mass is 10.2. The number of nitrogens with zero attached hydrogens (tertiary/aromatic N) is 3. The van der Waals surface area contributed by atoms with Crippen LogP contribution in [0.1, 0.15) is 6.42 Å². The molecule has 1 aromatic carbocycles. The molecular formula is C15H17N3O4S. The van der Waals surface area contributed by atoms with E-state index in [0.717, 1.165) is 0 Å². The van der Waals surface area contributed by atoms with Crippen molar-refractivity contribution < 1.29 is 13.2 Å². The van der Waals surface area contributed by atoms with Gasteiger partial charge in [0.1, 0.15) is 6.54 Å². The van der Waals surface area contributed by atoms with Crippen LogP contribution in [0.5, 0.6) is 0 Å². The molecule has 0 bridgehead atoms. The number of benzene rings is 1. The number of carbonyl (C=O) groups excluding carboxylic acids is 1. The van der Waals surface area contributed by atoms with E-state index in [1.165, 1.54) is 22.1 Å². The summed E-state index contributed by atoms with van der Waals surface area (Å²) >= 11 is 0. The van der Waals surface area contributed by atoms with E-state index in [0.29, 0.717) is 23.9 Å². The van der Waals surface area contributed by atoms with Crippen molar-refractivity contribution in [1.29, 1.82) is 0 Å². The maximum Gasteiger partial charge on any atom is 0.261 e. The summed E-state index contributed by atoms with van der Waals surface area (Å²) in [5, 5.41) is -0.0591. The Bertz CT molecular complexity index is 920. The van der Waals surface area contributed by atoms with Gasteiger partial charge in [-0.2, -0.15) is 0 Å². The molecule has 1 atom stereocenters.